The van der Waals surface area contributed by atoms with Crippen LogP contribution in [0, 0.1) is 0 Å². The van der Waals surface area contributed by atoms with Gasteiger partial charge in [-0.3, -0.25) is 0 Å². The number of pyridine rings is 1. The zero-order valence-corrected chi connectivity index (χ0v) is 9.00. The van der Waals surface area contributed by atoms with Crippen molar-refractivity contribution in [2.45, 2.75) is 19.8 Å². The molecule has 0 aliphatic carbocycles. The Labute approximate surface area is 84.3 Å². The summed E-state index contributed by atoms with van der Waals surface area (Å²) < 4.78 is 6.42. The van der Waals surface area contributed by atoms with Gasteiger partial charge in [-0.25, -0.2) is 4.98 Å². The minimum absolute atomic E-state index is 0.299. The summed E-state index contributed by atoms with van der Waals surface area (Å²) in [4.78, 5) is 8.39. The topological polar surface area (TPSA) is 38.9 Å². The van der Waals surface area contributed by atoms with Crippen molar-refractivity contribution >= 4 is 27.2 Å². The van der Waals surface area contributed by atoms with Gasteiger partial charge in [0, 0.05) is 22.7 Å². The number of halogens is 1. The highest BCUT2D eigenvalue weighted by Crippen LogP contribution is 2.21. The third-order valence-electron chi connectivity index (χ3n) is 1.72. The molecule has 0 bridgehead atoms. The van der Waals surface area contributed by atoms with Gasteiger partial charge < -0.3 is 4.42 Å². The number of oxazole rings is 1. The standard InChI is InChI=1S/C9H9BrN2O/c1-5(2)9-12-8-7(13-9)3-6(10)4-11-8/h3-5H,1-2H3. The molecule has 0 spiro atoms. The molecule has 0 amide bonds. The maximum atomic E-state index is 5.51. The first-order valence-electron chi connectivity index (χ1n) is 4.09. The highest BCUT2D eigenvalue weighted by atomic mass is 79.9. The van der Waals surface area contributed by atoms with Gasteiger partial charge >= 0.3 is 0 Å². The summed E-state index contributed by atoms with van der Waals surface area (Å²) in [5, 5.41) is 0. The number of hydrogen-bond acceptors (Lipinski definition) is 3. The second kappa shape index (κ2) is 3.10. The molecule has 0 aromatic carbocycles. The zero-order valence-electron chi connectivity index (χ0n) is 7.41. The highest BCUT2D eigenvalue weighted by Gasteiger charge is 2.09. The Morgan fingerprint density at radius 2 is 2.23 bits per heavy atom. The fourth-order valence-electron chi connectivity index (χ4n) is 1.06. The Hall–Kier alpha value is -0.900. The average Bonchev–Trinajstić information content (AvgIpc) is 2.46. The smallest absolute Gasteiger partial charge is 0.199 e. The molecule has 4 heteroatoms. The normalized spacial score (nSPS) is 11.4. The van der Waals surface area contributed by atoms with Crippen LogP contribution in [0.25, 0.3) is 11.2 Å². The van der Waals surface area contributed by atoms with Crippen molar-refractivity contribution in [2.75, 3.05) is 0 Å². The maximum Gasteiger partial charge on any atom is 0.199 e. The van der Waals surface area contributed by atoms with Crippen LogP contribution in [-0.2, 0) is 0 Å². The molecule has 2 rings (SSSR count). The Balaban J connectivity index is 2.62. The lowest BCUT2D eigenvalue weighted by Crippen LogP contribution is -1.85. The molecule has 0 saturated carbocycles. The molecule has 0 radical (unpaired) electrons. The highest BCUT2D eigenvalue weighted by molar-refractivity contribution is 9.10. The van der Waals surface area contributed by atoms with E-state index in [4.69, 9.17) is 4.42 Å². The van der Waals surface area contributed by atoms with Crippen LogP contribution >= 0.6 is 15.9 Å². The predicted octanol–water partition coefficient (Wildman–Crippen LogP) is 3.11. The molecular weight excluding hydrogens is 232 g/mol. The first-order valence-corrected chi connectivity index (χ1v) is 4.88. The molecule has 0 aliphatic heterocycles. The molecule has 0 unspecified atom stereocenters. The monoisotopic (exact) mass is 240 g/mol. The molecule has 68 valence electrons. The van der Waals surface area contributed by atoms with E-state index in [0.29, 0.717) is 11.6 Å². The van der Waals surface area contributed by atoms with Gasteiger partial charge in [0.05, 0.1) is 0 Å². The number of fused-ring (bicyclic) bond motifs is 1. The van der Waals surface area contributed by atoms with Crippen molar-refractivity contribution < 1.29 is 4.42 Å². The molecule has 0 atom stereocenters. The second-order valence-corrected chi connectivity index (χ2v) is 4.10. The van der Waals surface area contributed by atoms with Crippen LogP contribution in [0.5, 0.6) is 0 Å². The lowest BCUT2D eigenvalue weighted by molar-refractivity contribution is 0.501. The van der Waals surface area contributed by atoms with E-state index in [-0.39, 0.29) is 0 Å². The quantitative estimate of drug-likeness (QED) is 0.769. The fraction of sp³-hybridized carbons (Fsp3) is 0.333. The average molecular weight is 241 g/mol. The number of aromatic nitrogens is 2. The van der Waals surface area contributed by atoms with E-state index in [1.807, 2.05) is 19.9 Å². The second-order valence-electron chi connectivity index (χ2n) is 3.18. The molecular formula is C9H9BrN2O. The number of rotatable bonds is 1. The Bertz CT molecular complexity index is 436. The van der Waals surface area contributed by atoms with Gasteiger partial charge in [-0.2, -0.15) is 4.98 Å². The third-order valence-corrected chi connectivity index (χ3v) is 2.16. The largest absolute Gasteiger partial charge is 0.439 e. The summed E-state index contributed by atoms with van der Waals surface area (Å²) >= 11 is 3.33. The molecule has 2 aromatic heterocycles. The molecule has 0 N–H and O–H groups in total. The first-order chi connectivity index (χ1) is 6.16. The van der Waals surface area contributed by atoms with Crippen molar-refractivity contribution in [1.82, 2.24) is 9.97 Å². The van der Waals surface area contributed by atoms with E-state index in [0.717, 1.165) is 15.9 Å². The fourth-order valence-corrected chi connectivity index (χ4v) is 1.37. The molecule has 2 aromatic rings. The molecule has 2 heterocycles. The van der Waals surface area contributed by atoms with Crippen LogP contribution in [0.15, 0.2) is 21.2 Å². The summed E-state index contributed by atoms with van der Waals surface area (Å²) in [5.74, 6) is 1.04. The summed E-state index contributed by atoms with van der Waals surface area (Å²) in [5.41, 5.74) is 1.41. The van der Waals surface area contributed by atoms with E-state index < -0.39 is 0 Å². The van der Waals surface area contributed by atoms with Crippen molar-refractivity contribution in [3.8, 4) is 0 Å². The molecule has 0 aliphatic rings. The van der Waals surface area contributed by atoms with Crippen LogP contribution in [0.3, 0.4) is 0 Å². The van der Waals surface area contributed by atoms with Crippen LogP contribution in [-0.4, -0.2) is 9.97 Å². The third kappa shape index (κ3) is 1.58. The predicted molar refractivity (Wildman–Crippen MR) is 53.6 cm³/mol. The van der Waals surface area contributed by atoms with Crippen LogP contribution in [0.4, 0.5) is 0 Å². The Kier molecular flexibility index (Phi) is 2.07. The van der Waals surface area contributed by atoms with Gasteiger partial charge in [-0.05, 0) is 15.9 Å². The van der Waals surface area contributed by atoms with E-state index >= 15 is 0 Å². The van der Waals surface area contributed by atoms with Gasteiger partial charge in [0.15, 0.2) is 17.1 Å². The summed E-state index contributed by atoms with van der Waals surface area (Å²) in [6.07, 6.45) is 1.72. The summed E-state index contributed by atoms with van der Waals surface area (Å²) in [7, 11) is 0. The number of hydrogen-bond donors (Lipinski definition) is 0. The molecule has 3 nitrogen and oxygen atoms in total. The Morgan fingerprint density at radius 3 is 2.92 bits per heavy atom. The minimum atomic E-state index is 0.299. The van der Waals surface area contributed by atoms with E-state index in [2.05, 4.69) is 25.9 Å². The SMILES string of the molecule is CC(C)c1nc2ncc(Br)cc2o1. The van der Waals surface area contributed by atoms with Gasteiger partial charge in [0.1, 0.15) is 0 Å². The van der Waals surface area contributed by atoms with Crippen LogP contribution in [0.1, 0.15) is 25.7 Å². The molecule has 13 heavy (non-hydrogen) atoms. The van der Waals surface area contributed by atoms with E-state index in [1.165, 1.54) is 0 Å². The van der Waals surface area contributed by atoms with E-state index in [9.17, 15) is 0 Å². The first kappa shape index (κ1) is 8.69. The van der Waals surface area contributed by atoms with Crippen molar-refractivity contribution in [3.05, 3.63) is 22.6 Å². The Morgan fingerprint density at radius 1 is 1.46 bits per heavy atom. The van der Waals surface area contributed by atoms with E-state index in [1.54, 1.807) is 6.20 Å². The van der Waals surface area contributed by atoms with Crippen LogP contribution in [0.2, 0.25) is 0 Å². The minimum Gasteiger partial charge on any atom is -0.439 e. The van der Waals surface area contributed by atoms with Gasteiger partial charge in [-0.1, -0.05) is 13.8 Å². The van der Waals surface area contributed by atoms with Gasteiger partial charge in [-0.15, -0.1) is 0 Å². The number of nitrogens with zero attached hydrogens (tertiary/aromatic N) is 2. The van der Waals surface area contributed by atoms with Crippen molar-refractivity contribution in [1.29, 1.82) is 0 Å². The lowest BCUT2D eigenvalue weighted by atomic mass is 10.2. The van der Waals surface area contributed by atoms with Crippen molar-refractivity contribution in [3.63, 3.8) is 0 Å². The summed E-state index contributed by atoms with van der Waals surface area (Å²) in [6, 6.07) is 1.88. The summed E-state index contributed by atoms with van der Waals surface area (Å²) in [6.45, 7) is 4.08. The maximum absolute atomic E-state index is 5.51. The molecule has 0 saturated heterocycles. The lowest BCUT2D eigenvalue weighted by Gasteiger charge is -1.93. The van der Waals surface area contributed by atoms with Gasteiger partial charge in [0.2, 0.25) is 0 Å². The van der Waals surface area contributed by atoms with Crippen molar-refractivity contribution in [2.24, 2.45) is 0 Å². The van der Waals surface area contributed by atoms with Gasteiger partial charge in [0.25, 0.3) is 0 Å². The molecule has 0 fully saturated rings. The zero-order chi connectivity index (χ0) is 9.42. The van der Waals surface area contributed by atoms with Crippen LogP contribution < -0.4 is 0 Å².